The summed E-state index contributed by atoms with van der Waals surface area (Å²) in [5.74, 6) is -0.433. The van der Waals surface area contributed by atoms with E-state index in [9.17, 15) is 18.0 Å². The van der Waals surface area contributed by atoms with E-state index in [0.717, 1.165) is 19.3 Å². The Balaban J connectivity index is 3.45. The third-order valence-electron chi connectivity index (χ3n) is 2.88. The second-order valence-electron chi connectivity index (χ2n) is 4.73. The Morgan fingerprint density at radius 3 is 2.16 bits per heavy atom. The number of halogens is 3. The third-order valence-corrected chi connectivity index (χ3v) is 2.88. The van der Waals surface area contributed by atoms with Crippen LogP contribution in [0.2, 0.25) is 0 Å². The molecule has 2 N–H and O–H groups in total. The lowest BCUT2D eigenvalue weighted by atomic mass is 10.1. The molecule has 0 aliphatic carbocycles. The topological polar surface area (TPSA) is 49.3 Å². The Morgan fingerprint density at radius 1 is 1.11 bits per heavy atom. The molecule has 0 radical (unpaired) electrons. The summed E-state index contributed by atoms with van der Waals surface area (Å²) in [5.41, 5.74) is 0. The van der Waals surface area contributed by atoms with E-state index in [1.807, 2.05) is 0 Å². The second-order valence-corrected chi connectivity index (χ2v) is 4.73. The van der Waals surface area contributed by atoms with Crippen LogP contribution in [0.25, 0.3) is 0 Å². The molecular formula is C13H24F3NO2. The van der Waals surface area contributed by atoms with Crippen LogP contribution in [-0.4, -0.2) is 29.8 Å². The quantitative estimate of drug-likeness (QED) is 0.605. The van der Waals surface area contributed by atoms with E-state index in [1.54, 1.807) is 0 Å². The molecule has 0 rings (SSSR count). The van der Waals surface area contributed by atoms with Crippen LogP contribution in [0, 0.1) is 0 Å². The fourth-order valence-corrected chi connectivity index (χ4v) is 1.66. The van der Waals surface area contributed by atoms with E-state index < -0.39 is 24.7 Å². The molecular weight excluding hydrogens is 259 g/mol. The molecule has 0 bridgehead atoms. The number of aliphatic hydroxyl groups excluding tert-OH is 1. The van der Waals surface area contributed by atoms with Gasteiger partial charge < -0.3 is 10.4 Å². The van der Waals surface area contributed by atoms with Crippen LogP contribution >= 0.6 is 0 Å². The van der Waals surface area contributed by atoms with E-state index in [2.05, 4.69) is 12.2 Å². The number of alkyl halides is 3. The number of rotatable bonds is 10. The number of amides is 1. The zero-order valence-corrected chi connectivity index (χ0v) is 11.4. The molecule has 0 spiro atoms. The van der Waals surface area contributed by atoms with Gasteiger partial charge in [-0.15, -0.1) is 0 Å². The number of unbranched alkanes of at least 4 members (excludes halogenated alkanes) is 6. The molecule has 1 atom stereocenters. The van der Waals surface area contributed by atoms with Gasteiger partial charge in [-0.25, -0.2) is 0 Å². The molecule has 0 aromatic carbocycles. The molecule has 1 amide bonds. The number of nitrogens with one attached hydrogen (secondary N) is 1. The van der Waals surface area contributed by atoms with E-state index >= 15 is 0 Å². The Kier molecular flexibility index (Phi) is 9.65. The summed E-state index contributed by atoms with van der Waals surface area (Å²) in [7, 11) is 0. The van der Waals surface area contributed by atoms with Crippen LogP contribution in [0.1, 0.15) is 58.3 Å². The van der Waals surface area contributed by atoms with Crippen LogP contribution < -0.4 is 5.32 Å². The van der Waals surface area contributed by atoms with Gasteiger partial charge in [-0.05, 0) is 6.42 Å². The van der Waals surface area contributed by atoms with Gasteiger partial charge in [-0.3, -0.25) is 4.79 Å². The SMILES string of the molecule is CCCCCCCCCC(=O)NCC(O)C(F)(F)F. The molecule has 0 aliphatic heterocycles. The smallest absolute Gasteiger partial charge is 0.382 e. The minimum atomic E-state index is -4.67. The lowest BCUT2D eigenvalue weighted by Crippen LogP contribution is -2.40. The molecule has 0 saturated carbocycles. The first kappa shape index (κ1) is 18.2. The highest BCUT2D eigenvalue weighted by Gasteiger charge is 2.38. The Hall–Kier alpha value is -0.780. The highest BCUT2D eigenvalue weighted by molar-refractivity contribution is 5.75. The van der Waals surface area contributed by atoms with Crippen molar-refractivity contribution in [3.05, 3.63) is 0 Å². The third kappa shape index (κ3) is 10.8. The lowest BCUT2D eigenvalue weighted by molar-refractivity contribution is -0.201. The van der Waals surface area contributed by atoms with Gasteiger partial charge in [0.25, 0.3) is 0 Å². The summed E-state index contributed by atoms with van der Waals surface area (Å²) in [6, 6.07) is 0. The van der Waals surface area contributed by atoms with Gasteiger partial charge in [-0.1, -0.05) is 45.4 Å². The molecule has 0 saturated heterocycles. The van der Waals surface area contributed by atoms with Crippen LogP contribution in [0.15, 0.2) is 0 Å². The molecule has 114 valence electrons. The standard InChI is InChI=1S/C13H24F3NO2/c1-2-3-4-5-6-7-8-9-12(19)17-10-11(18)13(14,15)16/h11,18H,2-10H2,1H3,(H,17,19). The maximum absolute atomic E-state index is 12.0. The summed E-state index contributed by atoms with van der Waals surface area (Å²) in [4.78, 5) is 11.2. The van der Waals surface area contributed by atoms with Crippen molar-refractivity contribution >= 4 is 5.91 Å². The van der Waals surface area contributed by atoms with Gasteiger partial charge in [0.15, 0.2) is 6.10 Å². The van der Waals surface area contributed by atoms with Crippen molar-refractivity contribution in [3.63, 3.8) is 0 Å². The van der Waals surface area contributed by atoms with Crippen LogP contribution in [0.5, 0.6) is 0 Å². The van der Waals surface area contributed by atoms with E-state index in [4.69, 9.17) is 5.11 Å². The van der Waals surface area contributed by atoms with Gasteiger partial charge in [0.05, 0.1) is 6.54 Å². The first-order chi connectivity index (χ1) is 8.88. The number of carbonyl (C=O) groups excluding carboxylic acids is 1. The van der Waals surface area contributed by atoms with Gasteiger partial charge in [0.2, 0.25) is 5.91 Å². The lowest BCUT2D eigenvalue weighted by Gasteiger charge is -2.14. The van der Waals surface area contributed by atoms with E-state index in [-0.39, 0.29) is 6.42 Å². The molecule has 1 unspecified atom stereocenters. The fraction of sp³-hybridized carbons (Fsp3) is 0.923. The highest BCUT2D eigenvalue weighted by atomic mass is 19.4. The van der Waals surface area contributed by atoms with Crippen molar-refractivity contribution in [2.75, 3.05) is 6.54 Å². The van der Waals surface area contributed by atoms with Crippen LogP contribution in [-0.2, 0) is 4.79 Å². The average Bonchev–Trinajstić information content (AvgIpc) is 2.33. The summed E-state index contributed by atoms with van der Waals surface area (Å²) < 4.78 is 35.9. The first-order valence-electron chi connectivity index (χ1n) is 6.89. The van der Waals surface area contributed by atoms with Crippen molar-refractivity contribution in [2.45, 2.75) is 70.6 Å². The van der Waals surface area contributed by atoms with Gasteiger partial charge in [0.1, 0.15) is 0 Å². The minimum Gasteiger partial charge on any atom is -0.382 e. The molecule has 0 aromatic heterocycles. The van der Waals surface area contributed by atoms with Gasteiger partial charge in [0, 0.05) is 6.42 Å². The summed E-state index contributed by atoms with van der Waals surface area (Å²) in [5, 5.41) is 10.8. The maximum Gasteiger partial charge on any atom is 0.416 e. The Bertz CT molecular complexity index is 245. The predicted octanol–water partition coefficient (Wildman–Crippen LogP) is 3.17. The normalized spacial score (nSPS) is 13.3. The monoisotopic (exact) mass is 283 g/mol. The van der Waals surface area contributed by atoms with Crippen molar-refractivity contribution in [1.82, 2.24) is 5.32 Å². The molecule has 3 nitrogen and oxygen atoms in total. The molecule has 6 heteroatoms. The largest absolute Gasteiger partial charge is 0.416 e. The van der Waals surface area contributed by atoms with Crippen molar-refractivity contribution in [3.8, 4) is 0 Å². The fourth-order valence-electron chi connectivity index (χ4n) is 1.66. The zero-order chi connectivity index (χ0) is 14.7. The second kappa shape index (κ2) is 10.1. The maximum atomic E-state index is 12.0. The van der Waals surface area contributed by atoms with Gasteiger partial charge in [-0.2, -0.15) is 13.2 Å². The summed E-state index contributed by atoms with van der Waals surface area (Å²) in [6.07, 6.45) is 0.454. The summed E-state index contributed by atoms with van der Waals surface area (Å²) >= 11 is 0. The van der Waals surface area contributed by atoms with Crippen molar-refractivity contribution < 1.29 is 23.1 Å². The molecule has 0 aliphatic rings. The molecule has 19 heavy (non-hydrogen) atoms. The number of hydrogen-bond acceptors (Lipinski definition) is 2. The molecule has 0 heterocycles. The van der Waals surface area contributed by atoms with E-state index in [0.29, 0.717) is 6.42 Å². The number of hydrogen-bond donors (Lipinski definition) is 2. The Labute approximate surface area is 112 Å². The van der Waals surface area contributed by atoms with Gasteiger partial charge >= 0.3 is 6.18 Å². The number of carbonyl (C=O) groups is 1. The minimum absolute atomic E-state index is 0.221. The predicted molar refractivity (Wildman–Crippen MR) is 67.7 cm³/mol. The van der Waals surface area contributed by atoms with Crippen LogP contribution in [0.3, 0.4) is 0 Å². The first-order valence-corrected chi connectivity index (χ1v) is 6.89. The average molecular weight is 283 g/mol. The zero-order valence-electron chi connectivity index (χ0n) is 11.4. The molecule has 0 fully saturated rings. The van der Waals surface area contributed by atoms with Crippen LogP contribution in [0.4, 0.5) is 13.2 Å². The van der Waals surface area contributed by atoms with Crippen molar-refractivity contribution in [2.24, 2.45) is 0 Å². The van der Waals surface area contributed by atoms with E-state index in [1.165, 1.54) is 19.3 Å². The summed E-state index contributed by atoms with van der Waals surface area (Å²) in [6.45, 7) is 1.37. The highest BCUT2D eigenvalue weighted by Crippen LogP contribution is 2.19. The number of aliphatic hydroxyl groups is 1. The van der Waals surface area contributed by atoms with Crippen molar-refractivity contribution in [1.29, 1.82) is 0 Å². The molecule has 0 aromatic rings. The Morgan fingerprint density at radius 2 is 1.63 bits per heavy atom.